The number of fused-ring (bicyclic) bond motifs is 4. The summed E-state index contributed by atoms with van der Waals surface area (Å²) in [7, 11) is -9.88. The number of rotatable bonds is 35. The van der Waals surface area contributed by atoms with Gasteiger partial charge in [-0.15, -0.1) is 0 Å². The average molecular weight is 2100 g/mol. The lowest BCUT2D eigenvalue weighted by Gasteiger charge is -2.33. The van der Waals surface area contributed by atoms with Crippen LogP contribution in [0.1, 0.15) is 98.1 Å². The van der Waals surface area contributed by atoms with E-state index in [4.69, 9.17) is 97.4 Å². The molecule has 19 N–H and O–H groups in total. The first-order chi connectivity index (χ1) is 70.1. The van der Waals surface area contributed by atoms with Crippen molar-refractivity contribution in [2.75, 3.05) is 116 Å². The first-order valence-corrected chi connectivity index (χ1v) is 50.6. The molecule has 59 nitrogen and oxygen atoms in total. The molecule has 0 amide bonds. The Morgan fingerprint density at radius 1 is 0.397 bits per heavy atom. The van der Waals surface area contributed by atoms with Crippen molar-refractivity contribution in [3.05, 3.63) is 200 Å². The van der Waals surface area contributed by atoms with Gasteiger partial charge in [-0.25, -0.2) is 62.5 Å². The third kappa shape index (κ3) is 22.7. The largest absolute Gasteiger partial charge is 0.409 e. The van der Waals surface area contributed by atoms with E-state index in [1.54, 1.807) is 16.2 Å². The molecule has 8 fully saturated rings. The number of hydrogen-bond donors (Lipinski definition) is 15. The second-order valence-corrected chi connectivity index (χ2v) is 41.5. The molecule has 786 valence electrons. The monoisotopic (exact) mass is 2100 g/mol. The zero-order chi connectivity index (χ0) is 103. The summed E-state index contributed by atoms with van der Waals surface area (Å²) >= 11 is 0. The number of H-pyrrole nitrogens is 5. The molecule has 2 aromatic carbocycles. The Balaban J connectivity index is 0.000000144. The van der Waals surface area contributed by atoms with Crippen molar-refractivity contribution in [1.29, 1.82) is 0 Å². The van der Waals surface area contributed by atoms with Gasteiger partial charge in [-0.2, -0.15) is 19.6 Å². The van der Waals surface area contributed by atoms with Crippen molar-refractivity contribution >= 4 is 91.6 Å². The standard InChI is InChI=1S/C34H39N8O10P.C25H34N11O10P.C25H35N8O12P/c1-20-14-41(34(47)39-31(20)45)27-12-23(44)26(51-27)18-49-53(48,40(15-21-8-4-2-5-9-21)16-22-10-6-3-7-11-22)52-24-13-28(50-25(24)17-43)42-19-36-29-30(42)37-33(35)38-32(29)46;1-34(6-18-41-2-3-42-18)47(40,46-13-5-17(44-14(13)7-37)35-10-30-19-21(26)28-9-29-22(19)35)43-8-15-12(38)4-16(45-15)36-11-31-20-23(36)32-25(27)33-24(20)39;1-12-7-32(25(38)30-22(12)36)18-6-14(15(9-34)43-18)45-46(39,31(2)8-19-40-3-4-41-19)42-10-16-13(35)5-17(44-16)33-11-27-20-21(33)28-24(26)29-23(20)37/h2-11,14,19,23-28,43-44H,12-13,15-18H2,1H3,(H,39,45,47)(H3,35,37,38,46);9-18,37-38H,2-8H2,1H3,(H2,26,28,29)(H3,27,32,33,39);7,11,13-19,34-35H,3-6,8-10H2,1-2H3,(H,30,36,38)(H3,26,28,29,37)/t23-,24-,25-,26-,27-,28-,53?;12-,13-,14-,15-,16-,17-,47?;13-,14-,15-,16-,17-,18-,46?/m111/s1. The Hall–Kier alpha value is -11.7. The molecule has 18 heterocycles. The van der Waals surface area contributed by atoms with Gasteiger partial charge < -0.3 is 101 Å². The highest BCUT2D eigenvalue weighted by molar-refractivity contribution is 7.51. The van der Waals surface area contributed by atoms with Crippen LogP contribution in [0.4, 0.5) is 23.7 Å². The number of aliphatic hydroxyl groups excluding tert-OH is 6. The molecule has 0 saturated carbocycles. The maximum Gasteiger partial charge on any atom is 0.409 e. The van der Waals surface area contributed by atoms with Crippen molar-refractivity contribution in [3.8, 4) is 0 Å². The fourth-order valence-corrected chi connectivity index (χ4v) is 23.0. The lowest BCUT2D eigenvalue weighted by molar-refractivity contribution is -0.0651. The van der Waals surface area contributed by atoms with E-state index in [1.807, 2.05) is 60.7 Å². The van der Waals surface area contributed by atoms with E-state index in [9.17, 15) is 73.3 Å². The lowest BCUT2D eigenvalue weighted by Crippen LogP contribution is -2.35. The van der Waals surface area contributed by atoms with Crippen molar-refractivity contribution in [1.82, 2.24) is 111 Å². The van der Waals surface area contributed by atoms with Crippen LogP contribution in [0.2, 0.25) is 0 Å². The van der Waals surface area contributed by atoms with Crippen molar-refractivity contribution < 1.29 is 119 Å². The number of imidazole rings is 4. The number of nitrogens with one attached hydrogen (secondary N) is 5. The van der Waals surface area contributed by atoms with Crippen LogP contribution in [0, 0.1) is 13.8 Å². The number of nitrogen functional groups attached to an aromatic ring is 4. The molecule has 0 spiro atoms. The van der Waals surface area contributed by atoms with E-state index in [0.29, 0.717) is 37.6 Å². The molecule has 10 aromatic heterocycles. The SMILES string of the molecule is CN(CC1OCCO1)P(=O)(OC[C@H]1O[C@@H](n2cnc3c(=O)[nH]c(N)nc32)C[C@H]1O)O[C@@H]1C[C@H](n2cnc3c(N)ncnc32)O[C@@H]1CO.Cc1cn([C@H]2C[C@@H](O)[C@@H](COP(=O)(O[C@@H]3C[C@H](n4cnc5c(=O)[nH]c(N)nc54)O[C@@H]3CO)N(Cc3ccccc3)Cc3ccccc3)O2)c(=O)[nH]c1=O.Cc1cn([C@H]2C[C@@H](OP(=O)(OC[C@H]3O[C@@H](n4cnc5c(=O)[nH]c(N)nc54)C[C@H]3O)N(C)CC3OCCO3)[C@@H](CO)O2)c(=O)[nH]c1=O. The van der Waals surface area contributed by atoms with Crippen LogP contribution in [-0.4, -0.2) is 321 Å². The summed E-state index contributed by atoms with van der Waals surface area (Å²) in [4.78, 5) is 135. The first kappa shape index (κ1) is 104. The Kier molecular flexibility index (Phi) is 31.7. The van der Waals surface area contributed by atoms with Gasteiger partial charge in [0.1, 0.15) is 104 Å². The minimum Gasteiger partial charge on any atom is -0.394 e. The van der Waals surface area contributed by atoms with Crippen molar-refractivity contribution in [2.24, 2.45) is 0 Å². The van der Waals surface area contributed by atoms with Gasteiger partial charge in [0.25, 0.3) is 27.8 Å². The van der Waals surface area contributed by atoms with Crippen LogP contribution in [0.5, 0.6) is 0 Å². The zero-order valence-electron chi connectivity index (χ0n) is 78.5. The molecule has 20 rings (SSSR count). The molecule has 3 unspecified atom stereocenters. The molecule has 8 aliphatic rings. The molecular formula is C84H108N27O32P3. The van der Waals surface area contributed by atoms with E-state index in [1.165, 1.54) is 92.7 Å². The predicted molar refractivity (Wildman–Crippen MR) is 504 cm³/mol. The van der Waals surface area contributed by atoms with Crippen molar-refractivity contribution in [2.45, 2.75) is 189 Å². The summed E-state index contributed by atoms with van der Waals surface area (Å²) in [5.41, 5.74) is 22.6. The smallest absolute Gasteiger partial charge is 0.394 e. The maximum absolute atomic E-state index is 15.4. The molecule has 0 bridgehead atoms. The fourth-order valence-electron chi connectivity index (χ4n) is 17.8. The number of nitrogens with zero attached hydrogens (tertiary/aromatic N) is 18. The van der Waals surface area contributed by atoms with Gasteiger partial charge in [-0.05, 0) is 39.1 Å². The normalized spacial score (nSPS) is 26.9. The summed E-state index contributed by atoms with van der Waals surface area (Å²) in [5.74, 6) is -0.142. The quantitative estimate of drug-likeness (QED) is 0.0209. The highest BCUT2D eigenvalue weighted by atomic mass is 31.2. The summed E-state index contributed by atoms with van der Waals surface area (Å²) in [6, 6.07) is 18.6. The van der Waals surface area contributed by atoms with E-state index in [2.05, 4.69) is 69.8 Å². The number of aromatic nitrogens is 20. The van der Waals surface area contributed by atoms with Crippen LogP contribution in [-0.2, 0) is 101 Å². The minimum absolute atomic E-state index is 0.00665. The number of likely N-dealkylation sites (N-methyl/N-ethyl adjacent to an activating group) is 2. The molecule has 21 atom stereocenters. The number of hydrogen-bond acceptors (Lipinski definition) is 45. The zero-order valence-corrected chi connectivity index (χ0v) is 81.2. The summed E-state index contributed by atoms with van der Waals surface area (Å²) in [5, 5.41) is 63.5. The van der Waals surface area contributed by atoms with Crippen LogP contribution in [0.25, 0.3) is 44.7 Å². The number of nitrogens with two attached hydrogens (primary N) is 4. The molecular weight excluding hydrogens is 1990 g/mol. The molecule has 12 aromatic rings. The average Bonchev–Trinajstić information content (AvgIpc) is 1.62. The van der Waals surface area contributed by atoms with Crippen LogP contribution in [0.15, 0.2) is 138 Å². The third-order valence-electron chi connectivity index (χ3n) is 25.4. The second-order valence-electron chi connectivity index (χ2n) is 35.3. The second kappa shape index (κ2) is 44.4. The van der Waals surface area contributed by atoms with Gasteiger partial charge in [0.15, 0.2) is 57.5 Å². The summed E-state index contributed by atoms with van der Waals surface area (Å²) in [6.07, 6.45) is -8.62. The van der Waals surface area contributed by atoms with Crippen LogP contribution in [0.3, 0.4) is 0 Å². The predicted octanol–water partition coefficient (Wildman–Crippen LogP) is -1.13. The summed E-state index contributed by atoms with van der Waals surface area (Å²) < 4.78 is 152. The van der Waals surface area contributed by atoms with Crippen LogP contribution < -0.4 is 62.1 Å². The van der Waals surface area contributed by atoms with Gasteiger partial charge in [0.05, 0.1) is 123 Å². The van der Waals surface area contributed by atoms with E-state index < -0.39 is 219 Å². The van der Waals surface area contributed by atoms with Crippen molar-refractivity contribution in [3.63, 3.8) is 0 Å². The number of aryl methyl sites for hydroxylation is 2. The summed E-state index contributed by atoms with van der Waals surface area (Å²) in [6.45, 7) is 2.11. The Labute approximate surface area is 822 Å². The number of aromatic amines is 5. The Bertz CT molecular complexity index is 7200. The van der Waals surface area contributed by atoms with Gasteiger partial charge in [-0.3, -0.25) is 103 Å². The molecule has 146 heavy (non-hydrogen) atoms. The highest BCUT2D eigenvalue weighted by Crippen LogP contribution is 2.60. The first-order valence-electron chi connectivity index (χ1n) is 46.2. The third-order valence-corrected chi connectivity index (χ3v) is 31.4. The number of anilines is 4. The highest BCUT2D eigenvalue weighted by Gasteiger charge is 2.52. The molecule has 62 heteroatoms. The number of ether oxygens (including phenoxy) is 10. The van der Waals surface area contributed by atoms with E-state index >= 15 is 4.57 Å². The molecule has 0 radical (unpaired) electrons. The molecule has 0 aliphatic carbocycles. The van der Waals surface area contributed by atoms with Gasteiger partial charge in [0.2, 0.25) is 17.8 Å². The lowest BCUT2D eigenvalue weighted by atomic mass is 10.2. The minimum atomic E-state index is -4.40. The van der Waals surface area contributed by atoms with Gasteiger partial charge >= 0.3 is 34.6 Å². The topological polar surface area (TPSA) is 778 Å². The Morgan fingerprint density at radius 2 is 0.712 bits per heavy atom. The van der Waals surface area contributed by atoms with E-state index in [0.717, 1.165) is 15.7 Å². The molecule has 8 aliphatic heterocycles. The number of aliphatic hydroxyl groups is 6. The molecule has 8 saturated heterocycles. The van der Waals surface area contributed by atoms with Gasteiger partial charge in [-0.1, -0.05) is 60.7 Å². The fraction of sp³-hybridized carbons (Fsp3) is 0.524. The van der Waals surface area contributed by atoms with Crippen LogP contribution >= 0.6 is 23.2 Å². The van der Waals surface area contributed by atoms with Gasteiger partial charge in [0, 0.05) is 75.1 Å². The Morgan fingerprint density at radius 3 is 1.08 bits per heavy atom. The van der Waals surface area contributed by atoms with E-state index in [-0.39, 0.29) is 140 Å². The maximum atomic E-state index is 15.4. The number of benzene rings is 2.